The molecule has 1 nitrogen and oxygen atoms in total. The van der Waals surface area contributed by atoms with Gasteiger partial charge in [0.15, 0.2) is 0 Å². The minimum atomic E-state index is -0.0274. The quantitative estimate of drug-likeness (QED) is 0.724. The van der Waals surface area contributed by atoms with E-state index in [0.29, 0.717) is 0 Å². The maximum absolute atomic E-state index is 6.52. The molecule has 2 rings (SSSR count). The van der Waals surface area contributed by atoms with E-state index in [-0.39, 0.29) is 5.38 Å². The highest BCUT2D eigenvalue weighted by atomic mass is 35.5. The van der Waals surface area contributed by atoms with Gasteiger partial charge >= 0.3 is 0 Å². The van der Waals surface area contributed by atoms with Gasteiger partial charge in [-0.2, -0.15) is 0 Å². The SMILES string of the molecule is COc1ccsc1C(Cl)Cc1cc(C)ccc1C. The summed E-state index contributed by atoms with van der Waals surface area (Å²) in [6.07, 6.45) is 0.839. The van der Waals surface area contributed by atoms with Crippen LogP contribution in [0.3, 0.4) is 0 Å². The van der Waals surface area contributed by atoms with Crippen molar-refractivity contribution in [2.75, 3.05) is 7.11 Å². The van der Waals surface area contributed by atoms with Gasteiger partial charge in [0.1, 0.15) is 5.75 Å². The van der Waals surface area contributed by atoms with E-state index in [1.165, 1.54) is 16.7 Å². The molecule has 3 heteroatoms. The number of thiophene rings is 1. The number of aryl methyl sites for hydroxylation is 2. The lowest BCUT2D eigenvalue weighted by Gasteiger charge is -2.12. The Morgan fingerprint density at radius 3 is 2.78 bits per heavy atom. The molecule has 1 aromatic heterocycles. The van der Waals surface area contributed by atoms with Crippen molar-refractivity contribution in [1.29, 1.82) is 0 Å². The summed E-state index contributed by atoms with van der Waals surface area (Å²) in [7, 11) is 1.69. The minimum absolute atomic E-state index is 0.0274. The molecular formula is C15H17ClOS. The highest BCUT2D eigenvalue weighted by molar-refractivity contribution is 7.10. The van der Waals surface area contributed by atoms with E-state index in [1.54, 1.807) is 18.4 Å². The molecule has 0 saturated heterocycles. The second-order valence-corrected chi connectivity index (χ2v) is 5.93. The van der Waals surface area contributed by atoms with Crippen LogP contribution in [0, 0.1) is 13.8 Å². The summed E-state index contributed by atoms with van der Waals surface area (Å²) >= 11 is 8.18. The van der Waals surface area contributed by atoms with E-state index in [9.17, 15) is 0 Å². The summed E-state index contributed by atoms with van der Waals surface area (Å²) in [4.78, 5) is 1.11. The van der Waals surface area contributed by atoms with Crippen molar-refractivity contribution in [2.45, 2.75) is 25.6 Å². The predicted molar refractivity (Wildman–Crippen MR) is 79.1 cm³/mol. The van der Waals surface area contributed by atoms with E-state index in [0.717, 1.165) is 17.0 Å². The number of ether oxygens (including phenoxy) is 1. The smallest absolute Gasteiger partial charge is 0.134 e. The van der Waals surface area contributed by atoms with Gasteiger partial charge in [-0.3, -0.25) is 0 Å². The Morgan fingerprint density at radius 2 is 2.06 bits per heavy atom. The summed E-state index contributed by atoms with van der Waals surface area (Å²) in [6.45, 7) is 4.24. The molecule has 0 radical (unpaired) electrons. The topological polar surface area (TPSA) is 9.23 Å². The molecular weight excluding hydrogens is 264 g/mol. The Kier molecular flexibility index (Phi) is 4.31. The van der Waals surface area contributed by atoms with Gasteiger partial charge in [-0.15, -0.1) is 22.9 Å². The fourth-order valence-corrected chi connectivity index (χ4v) is 3.28. The van der Waals surface area contributed by atoms with Gasteiger partial charge in [0, 0.05) is 0 Å². The average Bonchev–Trinajstić information content (AvgIpc) is 2.82. The second-order valence-electron chi connectivity index (χ2n) is 4.45. The Bertz CT molecular complexity index is 533. The molecule has 0 N–H and O–H groups in total. The molecule has 0 fully saturated rings. The van der Waals surface area contributed by atoms with Crippen LogP contribution in [0.2, 0.25) is 0 Å². The van der Waals surface area contributed by atoms with Gasteiger partial charge in [0.2, 0.25) is 0 Å². The summed E-state index contributed by atoms with van der Waals surface area (Å²) in [6, 6.07) is 8.47. The Labute approximate surface area is 117 Å². The van der Waals surface area contributed by atoms with Crippen LogP contribution in [0.25, 0.3) is 0 Å². The molecule has 1 unspecified atom stereocenters. The number of halogens is 1. The lowest BCUT2D eigenvalue weighted by molar-refractivity contribution is 0.412. The van der Waals surface area contributed by atoms with Gasteiger partial charge in [0.05, 0.1) is 17.4 Å². The predicted octanol–water partition coefficient (Wildman–Crippen LogP) is 4.90. The van der Waals surface area contributed by atoms with Gasteiger partial charge in [0.25, 0.3) is 0 Å². The van der Waals surface area contributed by atoms with Crippen LogP contribution in [-0.2, 0) is 6.42 Å². The Hall–Kier alpha value is -0.990. The molecule has 0 spiro atoms. The van der Waals surface area contributed by atoms with Gasteiger partial charge in [-0.25, -0.2) is 0 Å². The van der Waals surface area contributed by atoms with Crippen LogP contribution in [0.5, 0.6) is 5.75 Å². The molecule has 1 heterocycles. The van der Waals surface area contributed by atoms with Crippen LogP contribution in [-0.4, -0.2) is 7.11 Å². The molecule has 1 aromatic carbocycles. The Balaban J connectivity index is 2.21. The monoisotopic (exact) mass is 280 g/mol. The molecule has 96 valence electrons. The third kappa shape index (κ3) is 2.88. The molecule has 0 bridgehead atoms. The lowest BCUT2D eigenvalue weighted by Crippen LogP contribution is -1.98. The number of benzene rings is 1. The van der Waals surface area contributed by atoms with Gasteiger partial charge < -0.3 is 4.74 Å². The van der Waals surface area contributed by atoms with Crippen molar-refractivity contribution < 1.29 is 4.74 Å². The van der Waals surface area contributed by atoms with Crippen LogP contribution in [0.4, 0.5) is 0 Å². The standard InChI is InChI=1S/C15H17ClOS/c1-10-4-5-11(2)12(8-10)9-13(16)15-14(17-3)6-7-18-15/h4-8,13H,9H2,1-3H3. The van der Waals surface area contributed by atoms with Crippen molar-refractivity contribution >= 4 is 22.9 Å². The fraction of sp³-hybridized carbons (Fsp3) is 0.333. The molecule has 0 saturated carbocycles. The van der Waals surface area contributed by atoms with Crippen molar-refractivity contribution in [3.05, 3.63) is 51.2 Å². The molecule has 0 aliphatic carbocycles. The molecule has 0 amide bonds. The van der Waals surface area contributed by atoms with Crippen LogP contribution >= 0.6 is 22.9 Å². The van der Waals surface area contributed by atoms with Crippen LogP contribution < -0.4 is 4.74 Å². The summed E-state index contributed by atoms with van der Waals surface area (Å²) in [5.74, 6) is 0.894. The fourth-order valence-electron chi connectivity index (χ4n) is 2.01. The number of hydrogen-bond acceptors (Lipinski definition) is 2. The lowest BCUT2D eigenvalue weighted by atomic mass is 10.0. The average molecular weight is 281 g/mol. The van der Waals surface area contributed by atoms with Crippen LogP contribution in [0.1, 0.15) is 26.9 Å². The van der Waals surface area contributed by atoms with Crippen molar-refractivity contribution in [3.8, 4) is 5.75 Å². The van der Waals surface area contributed by atoms with Crippen LogP contribution in [0.15, 0.2) is 29.6 Å². The van der Waals surface area contributed by atoms with Crippen molar-refractivity contribution in [3.63, 3.8) is 0 Å². The van der Waals surface area contributed by atoms with E-state index >= 15 is 0 Å². The summed E-state index contributed by atoms with van der Waals surface area (Å²) < 4.78 is 5.32. The van der Waals surface area contributed by atoms with Crippen molar-refractivity contribution in [2.24, 2.45) is 0 Å². The van der Waals surface area contributed by atoms with E-state index in [1.807, 2.05) is 11.4 Å². The first-order valence-corrected chi connectivity index (χ1v) is 7.25. The highest BCUT2D eigenvalue weighted by Gasteiger charge is 2.16. The van der Waals surface area contributed by atoms with Gasteiger partial charge in [-0.1, -0.05) is 23.8 Å². The Morgan fingerprint density at radius 1 is 1.28 bits per heavy atom. The maximum Gasteiger partial charge on any atom is 0.134 e. The third-order valence-corrected chi connectivity index (χ3v) is 4.58. The molecule has 18 heavy (non-hydrogen) atoms. The van der Waals surface area contributed by atoms with E-state index < -0.39 is 0 Å². The second kappa shape index (κ2) is 5.77. The van der Waals surface area contributed by atoms with E-state index in [4.69, 9.17) is 16.3 Å². The first-order valence-electron chi connectivity index (χ1n) is 5.93. The summed E-state index contributed by atoms with van der Waals surface area (Å²) in [5, 5.41) is 1.99. The van der Waals surface area contributed by atoms with Crippen molar-refractivity contribution in [1.82, 2.24) is 0 Å². The zero-order valence-corrected chi connectivity index (χ0v) is 12.4. The number of rotatable bonds is 4. The molecule has 1 atom stereocenters. The number of methoxy groups -OCH3 is 1. The first-order chi connectivity index (χ1) is 8.61. The zero-order valence-electron chi connectivity index (χ0n) is 10.9. The summed E-state index contributed by atoms with van der Waals surface area (Å²) in [5.41, 5.74) is 3.88. The van der Waals surface area contributed by atoms with E-state index in [2.05, 4.69) is 32.0 Å². The minimum Gasteiger partial charge on any atom is -0.496 e. The number of alkyl halides is 1. The zero-order chi connectivity index (χ0) is 13.1. The number of hydrogen-bond donors (Lipinski definition) is 0. The van der Waals surface area contributed by atoms with Gasteiger partial charge in [-0.05, 0) is 42.8 Å². The molecule has 0 aliphatic rings. The molecule has 0 aliphatic heterocycles. The third-order valence-electron chi connectivity index (χ3n) is 3.07. The highest BCUT2D eigenvalue weighted by Crippen LogP contribution is 2.37. The largest absolute Gasteiger partial charge is 0.496 e. The maximum atomic E-state index is 6.52. The first kappa shape index (κ1) is 13.4. The normalized spacial score (nSPS) is 12.4. The molecule has 2 aromatic rings.